The second-order valence-electron chi connectivity index (χ2n) is 4.39. The molecule has 2 unspecified atom stereocenters. The Bertz CT molecular complexity index is 334. The van der Waals surface area contributed by atoms with Crippen molar-refractivity contribution in [3.63, 3.8) is 0 Å². The van der Waals surface area contributed by atoms with Crippen molar-refractivity contribution < 1.29 is 37.6 Å². The lowest BCUT2D eigenvalue weighted by Gasteiger charge is -2.18. The topological polar surface area (TPSA) is 89.5 Å². The van der Waals surface area contributed by atoms with Gasteiger partial charge in [0, 0.05) is 20.3 Å². The van der Waals surface area contributed by atoms with Gasteiger partial charge in [-0.2, -0.15) is 0 Å². The van der Waals surface area contributed by atoms with Crippen molar-refractivity contribution in [1.82, 2.24) is 0 Å². The van der Waals surface area contributed by atoms with Crippen LogP contribution in [-0.4, -0.2) is 50.2 Å². The van der Waals surface area contributed by atoms with Crippen LogP contribution in [0.3, 0.4) is 0 Å². The highest BCUT2D eigenvalue weighted by Crippen LogP contribution is 2.39. The van der Waals surface area contributed by atoms with Gasteiger partial charge in [0.05, 0.1) is 13.2 Å². The van der Waals surface area contributed by atoms with E-state index in [1.165, 1.54) is 13.8 Å². The molecule has 0 saturated carbocycles. The van der Waals surface area contributed by atoms with Crippen LogP contribution < -0.4 is 0 Å². The second-order valence-corrected chi connectivity index (χ2v) is 5.83. The Morgan fingerprint density at radius 1 is 1.09 bits per heavy atom. The summed E-state index contributed by atoms with van der Waals surface area (Å²) in [6.45, 7) is 7.31. The molecule has 0 aromatic rings. The van der Waals surface area contributed by atoms with Gasteiger partial charge in [-0.05, 0) is 13.8 Å². The maximum atomic E-state index is 11.1. The summed E-state index contributed by atoms with van der Waals surface area (Å²) in [6.07, 6.45) is -1.80. The number of hydrogen-bond acceptors (Lipinski definition) is 8. The van der Waals surface area contributed by atoms with Crippen LogP contribution >= 0.6 is 8.38 Å². The molecular formula is C13H23O8P. The molecule has 0 spiro atoms. The lowest BCUT2D eigenvalue weighted by Crippen LogP contribution is -2.30. The molecule has 1 rings (SSSR count). The van der Waals surface area contributed by atoms with Crippen molar-refractivity contribution in [2.45, 2.75) is 52.8 Å². The lowest BCUT2D eigenvalue weighted by atomic mass is 10.3. The van der Waals surface area contributed by atoms with E-state index in [1.54, 1.807) is 0 Å². The van der Waals surface area contributed by atoms with Gasteiger partial charge < -0.3 is 28.0 Å². The summed E-state index contributed by atoms with van der Waals surface area (Å²) >= 11 is 0. The van der Waals surface area contributed by atoms with Crippen LogP contribution in [0.25, 0.3) is 0 Å². The zero-order valence-corrected chi connectivity index (χ0v) is 14.2. The van der Waals surface area contributed by atoms with Gasteiger partial charge in [-0.1, -0.05) is 0 Å². The molecule has 22 heavy (non-hydrogen) atoms. The van der Waals surface area contributed by atoms with E-state index in [2.05, 4.69) is 0 Å². The number of esters is 2. The normalized spacial score (nSPS) is 24.5. The predicted molar refractivity (Wildman–Crippen MR) is 76.7 cm³/mol. The minimum absolute atomic E-state index is 0.223. The zero-order chi connectivity index (χ0) is 16.5. The van der Waals surface area contributed by atoms with Crippen LogP contribution in [0.2, 0.25) is 0 Å². The van der Waals surface area contributed by atoms with Crippen LogP contribution in [-0.2, 0) is 37.6 Å². The molecule has 1 aliphatic rings. The molecule has 0 aromatic carbocycles. The highest BCUT2D eigenvalue weighted by molar-refractivity contribution is 7.47. The third-order valence-corrected chi connectivity index (χ3v) is 3.98. The molecule has 0 aliphatic carbocycles. The van der Waals surface area contributed by atoms with Gasteiger partial charge in [0.25, 0.3) is 0 Å². The first kappa shape index (κ1) is 19.3. The Balaban J connectivity index is 2.50. The summed E-state index contributed by atoms with van der Waals surface area (Å²) < 4.78 is 31.9. The molecule has 9 heteroatoms. The van der Waals surface area contributed by atoms with Crippen molar-refractivity contribution >= 4 is 20.3 Å². The molecule has 1 heterocycles. The van der Waals surface area contributed by atoms with Gasteiger partial charge in [-0.3, -0.25) is 9.59 Å². The first-order valence-corrected chi connectivity index (χ1v) is 8.47. The number of ether oxygens (including phenoxy) is 4. The second kappa shape index (κ2) is 10.1. The van der Waals surface area contributed by atoms with Crippen molar-refractivity contribution in [2.75, 3.05) is 19.6 Å². The van der Waals surface area contributed by atoms with E-state index >= 15 is 0 Å². The SMILES string of the molecule is CCOP(COC1C[C@H](OC(C)=O)C(OC(C)=O)O1)OCC. The molecule has 1 saturated heterocycles. The molecule has 128 valence electrons. The van der Waals surface area contributed by atoms with Crippen LogP contribution in [0.15, 0.2) is 0 Å². The standard InChI is InChI=1S/C13H23O8P/c1-5-17-22(18-6-2)8-16-12-7-11(19-9(3)14)13(21-12)20-10(4)15/h11-13H,5-8H2,1-4H3/t11-,12?,13?/m0/s1. The maximum Gasteiger partial charge on any atom is 0.305 e. The Kier molecular flexibility index (Phi) is 8.82. The van der Waals surface area contributed by atoms with Crippen molar-refractivity contribution in [2.24, 2.45) is 0 Å². The molecular weight excluding hydrogens is 315 g/mol. The molecule has 0 aromatic heterocycles. The smallest absolute Gasteiger partial charge is 0.305 e. The van der Waals surface area contributed by atoms with Gasteiger partial charge in [-0.25, -0.2) is 0 Å². The molecule has 0 N–H and O–H groups in total. The molecule has 0 bridgehead atoms. The zero-order valence-electron chi connectivity index (χ0n) is 13.3. The van der Waals surface area contributed by atoms with E-state index in [9.17, 15) is 9.59 Å². The third-order valence-electron chi connectivity index (χ3n) is 2.53. The highest BCUT2D eigenvalue weighted by Gasteiger charge is 2.40. The first-order chi connectivity index (χ1) is 10.5. The average Bonchev–Trinajstić information content (AvgIpc) is 2.77. The Hall–Kier alpha value is -0.790. The van der Waals surface area contributed by atoms with Crippen molar-refractivity contribution in [3.8, 4) is 0 Å². The van der Waals surface area contributed by atoms with Gasteiger partial charge in [0.2, 0.25) is 6.29 Å². The summed E-state index contributed by atoms with van der Waals surface area (Å²) in [5.41, 5.74) is 0. The van der Waals surface area contributed by atoms with E-state index in [0.717, 1.165) is 0 Å². The summed E-state index contributed by atoms with van der Waals surface area (Å²) in [6, 6.07) is 0. The van der Waals surface area contributed by atoms with Gasteiger partial charge >= 0.3 is 11.9 Å². The van der Waals surface area contributed by atoms with Crippen LogP contribution in [0.1, 0.15) is 34.1 Å². The number of hydrogen-bond donors (Lipinski definition) is 0. The van der Waals surface area contributed by atoms with Gasteiger partial charge in [0.1, 0.15) is 6.35 Å². The molecule has 0 radical (unpaired) electrons. The van der Waals surface area contributed by atoms with Crippen LogP contribution in [0, 0.1) is 0 Å². The van der Waals surface area contributed by atoms with E-state index in [1.807, 2.05) is 13.8 Å². The minimum atomic E-state index is -1.16. The summed E-state index contributed by atoms with van der Waals surface area (Å²) in [5.74, 6) is -0.994. The predicted octanol–water partition coefficient (Wildman–Crippen LogP) is 1.91. The highest BCUT2D eigenvalue weighted by atomic mass is 31.2. The third kappa shape index (κ3) is 6.98. The van der Waals surface area contributed by atoms with Crippen molar-refractivity contribution in [1.29, 1.82) is 0 Å². The summed E-state index contributed by atoms with van der Waals surface area (Å²) in [4.78, 5) is 22.1. The summed E-state index contributed by atoms with van der Waals surface area (Å²) in [5, 5.41) is 0. The number of rotatable bonds is 9. The van der Waals surface area contributed by atoms with Gasteiger partial charge in [-0.15, -0.1) is 0 Å². The molecule has 8 nitrogen and oxygen atoms in total. The fourth-order valence-corrected chi connectivity index (χ4v) is 2.92. The van der Waals surface area contributed by atoms with Gasteiger partial charge in [0.15, 0.2) is 20.8 Å². The Morgan fingerprint density at radius 3 is 2.18 bits per heavy atom. The fourth-order valence-electron chi connectivity index (χ4n) is 1.83. The Labute approximate surface area is 131 Å². The number of carbonyl (C=O) groups is 2. The summed E-state index contributed by atoms with van der Waals surface area (Å²) in [7, 11) is -1.16. The van der Waals surface area contributed by atoms with E-state index in [-0.39, 0.29) is 12.8 Å². The minimum Gasteiger partial charge on any atom is -0.456 e. The quantitative estimate of drug-likeness (QED) is 0.465. The average molecular weight is 338 g/mol. The van der Waals surface area contributed by atoms with Crippen LogP contribution in [0.4, 0.5) is 0 Å². The van der Waals surface area contributed by atoms with E-state index in [4.69, 9.17) is 28.0 Å². The van der Waals surface area contributed by atoms with Crippen molar-refractivity contribution in [3.05, 3.63) is 0 Å². The van der Waals surface area contributed by atoms with E-state index in [0.29, 0.717) is 13.2 Å². The maximum absolute atomic E-state index is 11.1. The largest absolute Gasteiger partial charge is 0.456 e. The number of carbonyl (C=O) groups excluding carboxylic acids is 2. The molecule has 1 aliphatic heterocycles. The fraction of sp³-hybridized carbons (Fsp3) is 0.846. The van der Waals surface area contributed by atoms with E-state index < -0.39 is 39.0 Å². The monoisotopic (exact) mass is 338 g/mol. The first-order valence-electron chi connectivity index (χ1n) is 7.11. The van der Waals surface area contributed by atoms with Crippen LogP contribution in [0.5, 0.6) is 0 Å². The molecule has 3 atom stereocenters. The molecule has 0 amide bonds. The Morgan fingerprint density at radius 2 is 1.68 bits per heavy atom. The molecule has 1 fully saturated rings. The lowest BCUT2D eigenvalue weighted by molar-refractivity contribution is -0.217.